The van der Waals surface area contributed by atoms with Gasteiger partial charge in [0.1, 0.15) is 5.65 Å². The number of rotatable bonds is 0. The summed E-state index contributed by atoms with van der Waals surface area (Å²) in [5, 5.41) is 9.20. The van der Waals surface area contributed by atoms with E-state index in [1.165, 1.54) is 62.0 Å². The molecule has 144 valence electrons. The molecule has 31 heavy (non-hydrogen) atoms. The summed E-state index contributed by atoms with van der Waals surface area (Å²) in [6.07, 6.45) is 3.99. The molecule has 0 atom stereocenters. The number of nitrogens with zero attached hydrogens (tertiary/aromatic N) is 2. The van der Waals surface area contributed by atoms with Crippen molar-refractivity contribution in [1.29, 1.82) is 0 Å². The third kappa shape index (κ3) is 1.99. The molecule has 8 aromatic rings. The molecule has 0 aliphatic rings. The van der Waals surface area contributed by atoms with Crippen LogP contribution in [-0.4, -0.2) is 9.38 Å². The molecule has 0 fully saturated rings. The zero-order valence-corrected chi connectivity index (χ0v) is 17.9. The number of pyridine rings is 1. The van der Waals surface area contributed by atoms with Gasteiger partial charge < -0.3 is 0 Å². The normalized spacial score (nSPS) is 12.5. The fourth-order valence-corrected chi connectivity index (χ4v) is 7.57. The van der Waals surface area contributed by atoms with Gasteiger partial charge in [-0.3, -0.25) is 4.40 Å². The summed E-state index contributed by atoms with van der Waals surface area (Å²) >= 11 is 3.81. The molecule has 0 amide bonds. The Morgan fingerprint density at radius 1 is 0.613 bits per heavy atom. The van der Waals surface area contributed by atoms with E-state index in [9.17, 15) is 0 Å². The van der Waals surface area contributed by atoms with Crippen LogP contribution in [0.2, 0.25) is 0 Å². The highest BCUT2D eigenvalue weighted by Gasteiger charge is 2.16. The van der Waals surface area contributed by atoms with E-state index in [2.05, 4.69) is 88.4 Å². The van der Waals surface area contributed by atoms with Gasteiger partial charge in [0.2, 0.25) is 0 Å². The van der Waals surface area contributed by atoms with E-state index in [4.69, 9.17) is 0 Å². The zero-order valence-electron chi connectivity index (χ0n) is 16.3. The highest BCUT2D eigenvalue weighted by atomic mass is 32.1. The van der Waals surface area contributed by atoms with Gasteiger partial charge in [0.25, 0.3) is 0 Å². The van der Waals surface area contributed by atoms with Crippen molar-refractivity contribution < 1.29 is 0 Å². The molecule has 4 aromatic carbocycles. The maximum absolute atomic E-state index is 4.67. The molecule has 0 N–H and O–H groups in total. The smallest absolute Gasteiger partial charge is 0.145 e. The molecule has 4 heterocycles. The second-order valence-electron chi connectivity index (χ2n) is 8.05. The lowest BCUT2D eigenvalue weighted by molar-refractivity contribution is 1.28. The Hall–Kier alpha value is -3.47. The first-order chi connectivity index (χ1) is 15.4. The van der Waals surface area contributed by atoms with Crippen LogP contribution >= 0.6 is 22.7 Å². The van der Waals surface area contributed by atoms with E-state index >= 15 is 0 Å². The summed E-state index contributed by atoms with van der Waals surface area (Å²) in [5.74, 6) is 0. The number of benzene rings is 4. The Bertz CT molecular complexity index is 2000. The third-order valence-corrected chi connectivity index (χ3v) is 8.78. The average molecular weight is 431 g/mol. The lowest BCUT2D eigenvalue weighted by Crippen LogP contribution is -1.90. The van der Waals surface area contributed by atoms with Crippen molar-refractivity contribution in [3.63, 3.8) is 0 Å². The average Bonchev–Trinajstić information content (AvgIpc) is 3.52. The molecule has 0 bridgehead atoms. The molecule has 0 aliphatic heterocycles. The Morgan fingerprint density at radius 3 is 2.39 bits per heavy atom. The van der Waals surface area contributed by atoms with E-state index in [-0.39, 0.29) is 0 Å². The van der Waals surface area contributed by atoms with Gasteiger partial charge in [0, 0.05) is 63.5 Å². The van der Waals surface area contributed by atoms with Crippen LogP contribution in [0.1, 0.15) is 0 Å². The molecule has 0 saturated carbocycles. The summed E-state index contributed by atoms with van der Waals surface area (Å²) in [6.45, 7) is 0. The molecule has 0 saturated heterocycles. The quantitative estimate of drug-likeness (QED) is 0.221. The number of hydrogen-bond acceptors (Lipinski definition) is 3. The first-order valence-corrected chi connectivity index (χ1v) is 11.9. The fourth-order valence-electron chi connectivity index (χ4n) is 5.10. The topological polar surface area (TPSA) is 17.3 Å². The number of imidazole rings is 1. The summed E-state index contributed by atoms with van der Waals surface area (Å²) in [7, 11) is 0. The van der Waals surface area contributed by atoms with Gasteiger partial charge in [-0.05, 0) is 29.7 Å². The van der Waals surface area contributed by atoms with Crippen LogP contribution in [0.4, 0.5) is 0 Å². The van der Waals surface area contributed by atoms with E-state index in [0.29, 0.717) is 0 Å². The monoisotopic (exact) mass is 430 g/mol. The van der Waals surface area contributed by atoms with Gasteiger partial charge in [-0.1, -0.05) is 48.5 Å². The predicted molar refractivity (Wildman–Crippen MR) is 136 cm³/mol. The predicted octanol–water partition coefficient (Wildman–Crippen LogP) is 8.38. The van der Waals surface area contributed by atoms with Gasteiger partial charge >= 0.3 is 0 Å². The van der Waals surface area contributed by atoms with Crippen molar-refractivity contribution >= 4 is 90.3 Å². The number of thiophene rings is 2. The van der Waals surface area contributed by atoms with Crippen molar-refractivity contribution in [1.82, 2.24) is 9.38 Å². The molecular formula is C27H14N2S2. The van der Waals surface area contributed by atoms with E-state index < -0.39 is 0 Å². The summed E-state index contributed by atoms with van der Waals surface area (Å²) < 4.78 is 7.69. The van der Waals surface area contributed by atoms with Crippen LogP contribution in [0.25, 0.3) is 67.7 Å². The second kappa shape index (κ2) is 5.61. The van der Waals surface area contributed by atoms with Gasteiger partial charge in [-0.25, -0.2) is 4.98 Å². The molecule has 0 unspecified atom stereocenters. The fraction of sp³-hybridized carbons (Fsp3) is 0. The maximum atomic E-state index is 4.67. The van der Waals surface area contributed by atoms with Crippen molar-refractivity contribution in [2.45, 2.75) is 0 Å². The molecule has 0 aliphatic carbocycles. The number of aromatic nitrogens is 2. The van der Waals surface area contributed by atoms with E-state index in [1.54, 1.807) is 0 Å². The molecule has 0 spiro atoms. The van der Waals surface area contributed by atoms with Crippen LogP contribution < -0.4 is 0 Å². The molecule has 4 aromatic heterocycles. The van der Waals surface area contributed by atoms with Crippen LogP contribution in [0.15, 0.2) is 85.2 Å². The summed E-state index contributed by atoms with van der Waals surface area (Å²) in [5.41, 5.74) is 2.24. The van der Waals surface area contributed by atoms with Gasteiger partial charge in [-0.2, -0.15) is 0 Å². The van der Waals surface area contributed by atoms with Gasteiger partial charge in [0.05, 0.1) is 5.52 Å². The lowest BCUT2D eigenvalue weighted by atomic mass is 10.0. The highest BCUT2D eigenvalue weighted by Crippen LogP contribution is 2.45. The second-order valence-corrected chi connectivity index (χ2v) is 10.2. The van der Waals surface area contributed by atoms with Crippen molar-refractivity contribution in [3.8, 4) is 0 Å². The van der Waals surface area contributed by atoms with Crippen molar-refractivity contribution in [3.05, 3.63) is 85.2 Å². The maximum Gasteiger partial charge on any atom is 0.145 e. The zero-order chi connectivity index (χ0) is 20.1. The first-order valence-electron chi connectivity index (χ1n) is 10.3. The highest BCUT2D eigenvalue weighted by molar-refractivity contribution is 7.29. The molecule has 8 rings (SSSR count). The van der Waals surface area contributed by atoms with Crippen LogP contribution in [0.5, 0.6) is 0 Å². The molecule has 4 heteroatoms. The van der Waals surface area contributed by atoms with Gasteiger partial charge in [-0.15, -0.1) is 22.7 Å². The molecular weight excluding hydrogens is 416 g/mol. The van der Waals surface area contributed by atoms with Crippen LogP contribution in [-0.2, 0) is 0 Å². The lowest BCUT2D eigenvalue weighted by Gasteiger charge is -2.08. The molecule has 2 nitrogen and oxygen atoms in total. The Kier molecular flexibility index (Phi) is 2.94. The minimum atomic E-state index is 1.02. The number of hydrogen-bond donors (Lipinski definition) is 0. The first kappa shape index (κ1) is 16.3. The molecule has 0 radical (unpaired) electrons. The minimum absolute atomic E-state index is 1.02. The number of fused-ring (bicyclic) bond motifs is 13. The Morgan fingerprint density at radius 2 is 1.45 bits per heavy atom. The van der Waals surface area contributed by atoms with Crippen LogP contribution in [0, 0.1) is 0 Å². The Balaban J connectivity index is 1.64. The van der Waals surface area contributed by atoms with Crippen LogP contribution in [0.3, 0.4) is 0 Å². The minimum Gasteiger partial charge on any atom is -0.299 e. The third-order valence-electron chi connectivity index (χ3n) is 6.45. The van der Waals surface area contributed by atoms with E-state index in [1.807, 2.05) is 28.9 Å². The van der Waals surface area contributed by atoms with Crippen molar-refractivity contribution in [2.75, 3.05) is 0 Å². The van der Waals surface area contributed by atoms with E-state index in [0.717, 1.165) is 5.65 Å². The summed E-state index contributed by atoms with van der Waals surface area (Å²) in [4.78, 5) is 4.67. The van der Waals surface area contributed by atoms with Crippen molar-refractivity contribution in [2.24, 2.45) is 0 Å². The largest absolute Gasteiger partial charge is 0.299 e. The standard InChI is InChI=1S/C27H14N2S2/c1-2-7-18-15(5-1)19-14-24-20(13-21(19)29-12-11-28-27(18)29)25-23(30-24)10-9-17-16-6-3-4-8-22(16)31-26(17)25/h1-14H. The van der Waals surface area contributed by atoms with Gasteiger partial charge in [0.15, 0.2) is 0 Å². The SMILES string of the molecule is c1ccc2c(c1)sc1c2ccc2sc3cc4c5ccccc5c5nccn5c4cc3c21. The summed E-state index contributed by atoms with van der Waals surface area (Å²) in [6, 6.07) is 26.7. The Labute approximate surface area is 184 Å².